The lowest BCUT2D eigenvalue weighted by atomic mass is 9.77. The molecule has 0 saturated heterocycles. The SMILES string of the molecule is CCCCC[C@H]1CC[C@H](CCc2ccc(C(C)CCC(C)[O])cc2)CC1. The van der Waals surface area contributed by atoms with Crippen molar-refractivity contribution in [1.29, 1.82) is 0 Å². The van der Waals surface area contributed by atoms with E-state index in [0.29, 0.717) is 5.92 Å². The largest absolute Gasteiger partial charge is 0.233 e. The highest BCUT2D eigenvalue weighted by atomic mass is 16.3. The Morgan fingerprint density at radius 1 is 0.885 bits per heavy atom. The summed E-state index contributed by atoms with van der Waals surface area (Å²) in [6.07, 6.45) is 15.5. The molecule has 2 rings (SSSR count). The van der Waals surface area contributed by atoms with Gasteiger partial charge in [0.15, 0.2) is 0 Å². The second-order valence-corrected chi connectivity index (χ2v) is 8.95. The van der Waals surface area contributed by atoms with E-state index in [2.05, 4.69) is 38.1 Å². The van der Waals surface area contributed by atoms with Gasteiger partial charge in [-0.2, -0.15) is 0 Å². The van der Waals surface area contributed by atoms with Crippen molar-refractivity contribution in [3.8, 4) is 0 Å². The molecular weight excluding hydrogens is 316 g/mol. The van der Waals surface area contributed by atoms with Gasteiger partial charge in [0.25, 0.3) is 0 Å². The standard InChI is InChI=1S/C25H41O/c1-4-5-6-7-22-10-12-23(13-11-22)14-15-24-16-18-25(19-17-24)20(2)8-9-21(3)26/h16-23H,4-15H2,1-3H3/t20?,21?,22-,23-. The van der Waals surface area contributed by atoms with Crippen LogP contribution in [0.1, 0.15) is 108 Å². The van der Waals surface area contributed by atoms with Crippen LogP contribution in [-0.4, -0.2) is 6.10 Å². The first-order valence-electron chi connectivity index (χ1n) is 11.3. The molecule has 1 nitrogen and oxygen atoms in total. The Bertz CT molecular complexity index is 467. The summed E-state index contributed by atoms with van der Waals surface area (Å²) in [7, 11) is 0. The number of benzene rings is 1. The van der Waals surface area contributed by atoms with Gasteiger partial charge in [0, 0.05) is 0 Å². The normalized spacial score (nSPS) is 22.9. The van der Waals surface area contributed by atoms with Crippen LogP contribution in [0.5, 0.6) is 0 Å². The average Bonchev–Trinajstić information content (AvgIpc) is 2.66. The highest BCUT2D eigenvalue weighted by molar-refractivity contribution is 5.25. The molecule has 1 fully saturated rings. The molecule has 1 aromatic rings. The molecule has 0 amide bonds. The molecule has 0 aliphatic heterocycles. The molecule has 0 heterocycles. The van der Waals surface area contributed by atoms with Crippen molar-refractivity contribution in [2.45, 2.75) is 110 Å². The molecule has 147 valence electrons. The van der Waals surface area contributed by atoms with Gasteiger partial charge < -0.3 is 0 Å². The smallest absolute Gasteiger partial charge is 0.0902 e. The number of unbranched alkanes of at least 4 members (excludes halogenated alkanes) is 2. The third-order valence-electron chi connectivity index (χ3n) is 6.58. The lowest BCUT2D eigenvalue weighted by molar-refractivity contribution is 0.0942. The summed E-state index contributed by atoms with van der Waals surface area (Å²) in [5.41, 5.74) is 2.88. The molecule has 0 spiro atoms. The molecule has 26 heavy (non-hydrogen) atoms. The van der Waals surface area contributed by atoms with Crippen molar-refractivity contribution < 1.29 is 5.11 Å². The van der Waals surface area contributed by atoms with Crippen LogP contribution >= 0.6 is 0 Å². The Morgan fingerprint density at radius 2 is 1.50 bits per heavy atom. The van der Waals surface area contributed by atoms with Gasteiger partial charge in [0.1, 0.15) is 0 Å². The third kappa shape index (κ3) is 7.82. The summed E-state index contributed by atoms with van der Waals surface area (Å²) in [4.78, 5) is 0. The average molecular weight is 358 g/mol. The van der Waals surface area contributed by atoms with Gasteiger partial charge >= 0.3 is 0 Å². The first kappa shape index (κ1) is 21.5. The first-order chi connectivity index (χ1) is 12.6. The van der Waals surface area contributed by atoms with Crippen molar-refractivity contribution in [3.05, 3.63) is 35.4 Å². The Labute approximate surface area is 162 Å². The van der Waals surface area contributed by atoms with Crippen molar-refractivity contribution in [2.24, 2.45) is 11.8 Å². The van der Waals surface area contributed by atoms with Gasteiger partial charge in [-0.05, 0) is 61.5 Å². The zero-order chi connectivity index (χ0) is 18.8. The zero-order valence-corrected chi connectivity index (χ0v) is 17.5. The highest BCUT2D eigenvalue weighted by Crippen LogP contribution is 2.34. The van der Waals surface area contributed by atoms with Gasteiger partial charge in [-0.15, -0.1) is 0 Å². The lowest BCUT2D eigenvalue weighted by Crippen LogP contribution is -2.15. The maximum Gasteiger partial charge on any atom is 0.0902 e. The van der Waals surface area contributed by atoms with Gasteiger partial charge in [-0.3, -0.25) is 0 Å². The van der Waals surface area contributed by atoms with Crippen LogP contribution in [0.3, 0.4) is 0 Å². The van der Waals surface area contributed by atoms with E-state index in [1.54, 1.807) is 6.92 Å². The number of rotatable bonds is 11. The van der Waals surface area contributed by atoms with Gasteiger partial charge in [0.2, 0.25) is 0 Å². The van der Waals surface area contributed by atoms with E-state index >= 15 is 0 Å². The fourth-order valence-electron chi connectivity index (χ4n) is 4.53. The Kier molecular flexibility index (Phi) is 9.75. The van der Waals surface area contributed by atoms with Crippen LogP contribution in [0, 0.1) is 11.8 Å². The molecule has 2 atom stereocenters. The molecule has 2 unspecified atom stereocenters. The predicted molar refractivity (Wildman–Crippen MR) is 112 cm³/mol. The summed E-state index contributed by atoms with van der Waals surface area (Å²) in [6, 6.07) is 9.23. The van der Waals surface area contributed by atoms with Crippen molar-refractivity contribution in [1.82, 2.24) is 0 Å². The van der Waals surface area contributed by atoms with E-state index < -0.39 is 6.10 Å². The molecule has 0 N–H and O–H groups in total. The van der Waals surface area contributed by atoms with Crippen molar-refractivity contribution in [3.63, 3.8) is 0 Å². The second kappa shape index (κ2) is 11.8. The summed E-state index contributed by atoms with van der Waals surface area (Å²) >= 11 is 0. The summed E-state index contributed by atoms with van der Waals surface area (Å²) < 4.78 is 0. The fourth-order valence-corrected chi connectivity index (χ4v) is 4.53. The minimum Gasteiger partial charge on any atom is -0.233 e. The molecule has 0 aromatic heterocycles. The topological polar surface area (TPSA) is 19.9 Å². The molecule has 1 radical (unpaired) electrons. The van der Waals surface area contributed by atoms with Gasteiger partial charge in [-0.25, -0.2) is 5.11 Å². The first-order valence-corrected chi connectivity index (χ1v) is 11.3. The van der Waals surface area contributed by atoms with Crippen LogP contribution in [0.4, 0.5) is 0 Å². The highest BCUT2D eigenvalue weighted by Gasteiger charge is 2.20. The van der Waals surface area contributed by atoms with Crippen LogP contribution in [0.15, 0.2) is 24.3 Å². The molecule has 1 heteroatoms. The minimum atomic E-state index is -0.432. The van der Waals surface area contributed by atoms with Crippen molar-refractivity contribution in [2.75, 3.05) is 0 Å². The van der Waals surface area contributed by atoms with E-state index in [1.807, 2.05) is 0 Å². The van der Waals surface area contributed by atoms with Crippen LogP contribution in [0.2, 0.25) is 0 Å². The van der Waals surface area contributed by atoms with Gasteiger partial charge in [-0.1, -0.05) is 89.5 Å². The van der Waals surface area contributed by atoms with Crippen LogP contribution < -0.4 is 0 Å². The van der Waals surface area contributed by atoms with E-state index in [1.165, 1.54) is 75.3 Å². The minimum absolute atomic E-state index is 0.432. The fraction of sp³-hybridized carbons (Fsp3) is 0.760. The maximum atomic E-state index is 11.2. The second-order valence-electron chi connectivity index (χ2n) is 8.95. The third-order valence-corrected chi connectivity index (χ3v) is 6.58. The molecular formula is C25H41O. The predicted octanol–water partition coefficient (Wildman–Crippen LogP) is 7.71. The molecule has 1 aliphatic rings. The van der Waals surface area contributed by atoms with E-state index in [9.17, 15) is 5.11 Å². The molecule has 1 saturated carbocycles. The Morgan fingerprint density at radius 3 is 2.08 bits per heavy atom. The Hall–Kier alpha value is -0.820. The monoisotopic (exact) mass is 357 g/mol. The van der Waals surface area contributed by atoms with E-state index in [4.69, 9.17) is 0 Å². The number of aryl methyl sites for hydroxylation is 1. The van der Waals surface area contributed by atoms with E-state index in [-0.39, 0.29) is 0 Å². The number of hydrogen-bond acceptors (Lipinski definition) is 0. The zero-order valence-electron chi connectivity index (χ0n) is 17.5. The van der Waals surface area contributed by atoms with Gasteiger partial charge in [0.05, 0.1) is 6.10 Å². The van der Waals surface area contributed by atoms with Crippen LogP contribution in [-0.2, 0) is 11.5 Å². The van der Waals surface area contributed by atoms with E-state index in [0.717, 1.165) is 24.7 Å². The molecule has 1 aromatic carbocycles. The van der Waals surface area contributed by atoms with Crippen molar-refractivity contribution >= 4 is 0 Å². The maximum absolute atomic E-state index is 11.2. The van der Waals surface area contributed by atoms with Crippen LogP contribution in [0.25, 0.3) is 0 Å². The summed E-state index contributed by atoms with van der Waals surface area (Å²) in [5, 5.41) is 11.2. The summed E-state index contributed by atoms with van der Waals surface area (Å²) in [6.45, 7) is 6.32. The molecule has 0 bridgehead atoms. The summed E-state index contributed by atoms with van der Waals surface area (Å²) in [5.74, 6) is 2.48. The molecule has 1 aliphatic carbocycles. The Balaban J connectivity index is 1.67. The lowest BCUT2D eigenvalue weighted by Gasteiger charge is -2.28. The number of hydrogen-bond donors (Lipinski definition) is 0. The quantitative estimate of drug-likeness (QED) is 0.361.